The number of nitrogens with zero attached hydrogens (tertiary/aromatic N) is 2. The second-order valence-corrected chi connectivity index (χ2v) is 4.12. The van der Waals surface area contributed by atoms with Crippen LogP contribution in [-0.4, -0.2) is 32.2 Å². The number of carboxylic acids is 1. The van der Waals surface area contributed by atoms with Gasteiger partial charge in [-0.2, -0.15) is 4.37 Å². The van der Waals surface area contributed by atoms with E-state index in [-0.39, 0.29) is 6.54 Å². The average Bonchev–Trinajstić information content (AvgIpc) is 2.51. The highest BCUT2D eigenvalue weighted by Crippen LogP contribution is 2.23. The summed E-state index contributed by atoms with van der Waals surface area (Å²) in [6.45, 7) is 0.0968. The van der Waals surface area contributed by atoms with Gasteiger partial charge in [0, 0.05) is 6.54 Å². The molecule has 1 aromatic heterocycles. The molecular formula is C5H7N3O2S2. The van der Waals surface area contributed by atoms with E-state index in [1.165, 1.54) is 17.9 Å². The highest BCUT2D eigenvalue weighted by Gasteiger charge is 2.18. The first-order valence-electron chi connectivity index (χ1n) is 3.10. The van der Waals surface area contributed by atoms with Crippen LogP contribution >= 0.6 is 23.3 Å². The number of carbonyl (C=O) groups is 1. The lowest BCUT2D eigenvalue weighted by Gasteiger charge is -2.04. The number of hydrogen-bond donors (Lipinski definition) is 2. The predicted octanol–water partition coefficient (Wildman–Crippen LogP) is 0.0421. The number of aliphatic carboxylic acids is 1. The maximum atomic E-state index is 10.5. The van der Waals surface area contributed by atoms with E-state index in [2.05, 4.69) is 9.36 Å². The maximum Gasteiger partial charge on any atom is 0.318 e. The van der Waals surface area contributed by atoms with Gasteiger partial charge in [0.2, 0.25) is 0 Å². The van der Waals surface area contributed by atoms with Crippen molar-refractivity contribution in [3.63, 3.8) is 0 Å². The fourth-order valence-corrected chi connectivity index (χ4v) is 2.01. The zero-order valence-electron chi connectivity index (χ0n) is 6.01. The van der Waals surface area contributed by atoms with Gasteiger partial charge in [0.1, 0.15) is 11.6 Å². The van der Waals surface area contributed by atoms with Crippen LogP contribution in [0.4, 0.5) is 0 Å². The number of nitrogens with two attached hydrogens (primary N) is 1. The van der Waals surface area contributed by atoms with Gasteiger partial charge in [-0.15, -0.1) is 0 Å². The van der Waals surface area contributed by atoms with Crippen LogP contribution in [0.1, 0.15) is 0 Å². The minimum absolute atomic E-state index is 0.0968. The molecule has 0 aromatic carbocycles. The summed E-state index contributed by atoms with van der Waals surface area (Å²) >= 11 is 2.29. The van der Waals surface area contributed by atoms with Gasteiger partial charge in [0.15, 0.2) is 4.34 Å². The smallest absolute Gasteiger partial charge is 0.318 e. The van der Waals surface area contributed by atoms with Crippen molar-refractivity contribution in [3.8, 4) is 0 Å². The van der Waals surface area contributed by atoms with Crippen molar-refractivity contribution < 1.29 is 9.90 Å². The molecule has 1 rings (SSSR count). The van der Waals surface area contributed by atoms with Crippen molar-refractivity contribution in [2.75, 3.05) is 6.54 Å². The molecule has 66 valence electrons. The number of carboxylic acid groups (broad SMARTS) is 1. The first-order valence-corrected chi connectivity index (χ1v) is 4.75. The van der Waals surface area contributed by atoms with E-state index in [9.17, 15) is 4.79 Å². The predicted molar refractivity (Wildman–Crippen MR) is 46.2 cm³/mol. The van der Waals surface area contributed by atoms with Gasteiger partial charge < -0.3 is 10.8 Å². The molecule has 1 aromatic rings. The zero-order valence-corrected chi connectivity index (χ0v) is 7.64. The molecule has 0 saturated heterocycles. The number of hydrogen-bond acceptors (Lipinski definition) is 6. The molecule has 0 aliphatic heterocycles. The van der Waals surface area contributed by atoms with Crippen molar-refractivity contribution >= 4 is 29.3 Å². The van der Waals surface area contributed by atoms with E-state index in [4.69, 9.17) is 10.8 Å². The Bertz CT molecular complexity index is 251. The summed E-state index contributed by atoms with van der Waals surface area (Å²) in [7, 11) is 0. The molecule has 3 N–H and O–H groups in total. The zero-order chi connectivity index (χ0) is 8.97. The Hall–Kier alpha value is -0.660. The summed E-state index contributed by atoms with van der Waals surface area (Å²) in [6.07, 6.45) is 1.39. The van der Waals surface area contributed by atoms with Gasteiger partial charge in [-0.1, -0.05) is 11.8 Å². The molecule has 1 atom stereocenters. The lowest BCUT2D eigenvalue weighted by molar-refractivity contribution is -0.136. The Morgan fingerprint density at radius 1 is 1.92 bits per heavy atom. The van der Waals surface area contributed by atoms with Gasteiger partial charge >= 0.3 is 5.97 Å². The third-order valence-electron chi connectivity index (χ3n) is 1.07. The molecule has 0 amide bonds. The topological polar surface area (TPSA) is 89.1 Å². The third kappa shape index (κ3) is 2.43. The summed E-state index contributed by atoms with van der Waals surface area (Å²) in [5, 5.41) is 8.00. The van der Waals surface area contributed by atoms with Crippen LogP contribution in [0.3, 0.4) is 0 Å². The van der Waals surface area contributed by atoms with Gasteiger partial charge in [-0.3, -0.25) is 4.79 Å². The molecule has 0 aliphatic rings. The molecule has 5 nitrogen and oxygen atoms in total. The van der Waals surface area contributed by atoms with E-state index in [0.29, 0.717) is 4.34 Å². The average molecular weight is 205 g/mol. The summed E-state index contributed by atoms with van der Waals surface area (Å²) in [5.74, 6) is -0.919. The number of aromatic nitrogens is 2. The largest absolute Gasteiger partial charge is 0.480 e. The minimum atomic E-state index is -0.919. The standard InChI is InChI=1S/C5H7N3O2S2/c6-1-3(4(9)10)11-5-7-2-8-12-5/h2-3H,1,6H2,(H,9,10). The second kappa shape index (κ2) is 4.39. The monoisotopic (exact) mass is 205 g/mol. The Labute approximate surface area is 77.2 Å². The molecule has 1 heterocycles. The molecule has 0 radical (unpaired) electrons. The van der Waals surface area contributed by atoms with Crippen molar-refractivity contribution in [1.82, 2.24) is 9.36 Å². The van der Waals surface area contributed by atoms with E-state index in [1.807, 2.05) is 0 Å². The van der Waals surface area contributed by atoms with Crippen molar-refractivity contribution in [3.05, 3.63) is 6.33 Å². The summed E-state index contributed by atoms with van der Waals surface area (Å²) in [4.78, 5) is 14.4. The Morgan fingerprint density at radius 3 is 3.08 bits per heavy atom. The lowest BCUT2D eigenvalue weighted by atomic mass is 10.4. The first kappa shape index (κ1) is 9.43. The van der Waals surface area contributed by atoms with Crippen molar-refractivity contribution in [1.29, 1.82) is 0 Å². The van der Waals surface area contributed by atoms with Crippen LogP contribution in [-0.2, 0) is 4.79 Å². The van der Waals surface area contributed by atoms with Crippen LogP contribution in [0.15, 0.2) is 10.7 Å². The molecule has 0 aliphatic carbocycles. The maximum absolute atomic E-state index is 10.5. The van der Waals surface area contributed by atoms with Crippen LogP contribution in [0.25, 0.3) is 0 Å². The Balaban J connectivity index is 2.54. The summed E-state index contributed by atoms with van der Waals surface area (Å²) in [6, 6.07) is 0. The van der Waals surface area contributed by atoms with E-state index in [0.717, 1.165) is 11.8 Å². The molecular weight excluding hydrogens is 198 g/mol. The van der Waals surface area contributed by atoms with Crippen LogP contribution in [0, 0.1) is 0 Å². The van der Waals surface area contributed by atoms with E-state index in [1.54, 1.807) is 0 Å². The Kier molecular flexibility index (Phi) is 3.45. The second-order valence-electron chi connectivity index (χ2n) is 1.89. The molecule has 1 unspecified atom stereocenters. The summed E-state index contributed by atoms with van der Waals surface area (Å²) < 4.78 is 4.38. The van der Waals surface area contributed by atoms with E-state index < -0.39 is 11.2 Å². The lowest BCUT2D eigenvalue weighted by Crippen LogP contribution is -2.25. The van der Waals surface area contributed by atoms with Crippen molar-refractivity contribution in [2.45, 2.75) is 9.59 Å². The van der Waals surface area contributed by atoms with Gasteiger partial charge in [0.05, 0.1) is 0 Å². The first-order chi connectivity index (χ1) is 5.74. The summed E-state index contributed by atoms with van der Waals surface area (Å²) in [5.41, 5.74) is 5.25. The quantitative estimate of drug-likeness (QED) is 0.675. The van der Waals surface area contributed by atoms with Gasteiger partial charge in [-0.05, 0) is 11.5 Å². The Morgan fingerprint density at radius 2 is 2.67 bits per heavy atom. The molecule has 0 spiro atoms. The minimum Gasteiger partial charge on any atom is -0.480 e. The fraction of sp³-hybridized carbons (Fsp3) is 0.400. The molecule has 12 heavy (non-hydrogen) atoms. The molecule has 0 fully saturated rings. The highest BCUT2D eigenvalue weighted by atomic mass is 32.2. The molecule has 0 bridgehead atoms. The third-order valence-corrected chi connectivity index (χ3v) is 3.03. The fourth-order valence-electron chi connectivity index (χ4n) is 0.536. The van der Waals surface area contributed by atoms with Gasteiger partial charge in [0.25, 0.3) is 0 Å². The van der Waals surface area contributed by atoms with Crippen LogP contribution in [0.2, 0.25) is 0 Å². The molecule has 0 saturated carbocycles. The normalized spacial score (nSPS) is 12.8. The number of rotatable bonds is 4. The van der Waals surface area contributed by atoms with Crippen LogP contribution in [0.5, 0.6) is 0 Å². The van der Waals surface area contributed by atoms with E-state index >= 15 is 0 Å². The van der Waals surface area contributed by atoms with Crippen molar-refractivity contribution in [2.24, 2.45) is 5.73 Å². The molecule has 7 heteroatoms. The highest BCUT2D eigenvalue weighted by molar-refractivity contribution is 8.02. The van der Waals surface area contributed by atoms with Crippen LogP contribution < -0.4 is 5.73 Å². The van der Waals surface area contributed by atoms with Gasteiger partial charge in [-0.25, -0.2) is 4.98 Å². The number of thioether (sulfide) groups is 1. The SMILES string of the molecule is NCC(Sc1ncns1)C(=O)O.